The van der Waals surface area contributed by atoms with Gasteiger partial charge in [-0.2, -0.15) is 0 Å². The van der Waals surface area contributed by atoms with Gasteiger partial charge in [0.2, 0.25) is 5.91 Å². The first kappa shape index (κ1) is 14.2. The van der Waals surface area contributed by atoms with Crippen molar-refractivity contribution in [3.05, 3.63) is 29.3 Å². The molecule has 0 radical (unpaired) electrons. The van der Waals surface area contributed by atoms with Crippen molar-refractivity contribution in [3.8, 4) is 0 Å². The summed E-state index contributed by atoms with van der Waals surface area (Å²) in [6.07, 6.45) is -0.991. The van der Waals surface area contributed by atoms with Crippen molar-refractivity contribution in [3.63, 3.8) is 0 Å². The summed E-state index contributed by atoms with van der Waals surface area (Å²) < 4.78 is 4.89. The molecule has 1 amide bonds. The molecule has 0 saturated carbocycles. The zero-order valence-electron chi connectivity index (χ0n) is 10.7. The molecule has 0 fully saturated rings. The Hall–Kier alpha value is -1.88. The molecule has 2 N–H and O–H groups in total. The van der Waals surface area contributed by atoms with Gasteiger partial charge in [-0.15, -0.1) is 0 Å². The van der Waals surface area contributed by atoms with Gasteiger partial charge >= 0.3 is 5.97 Å². The van der Waals surface area contributed by atoms with Gasteiger partial charge < -0.3 is 15.2 Å². The van der Waals surface area contributed by atoms with Crippen molar-refractivity contribution < 1.29 is 19.4 Å². The lowest BCUT2D eigenvalue weighted by Crippen LogP contribution is -2.26. The lowest BCUT2D eigenvalue weighted by atomic mass is 10.1. The highest BCUT2D eigenvalue weighted by Crippen LogP contribution is 2.15. The first-order valence-corrected chi connectivity index (χ1v) is 5.61. The Labute approximate surface area is 106 Å². The molecule has 0 spiro atoms. The number of ether oxygens (including phenoxy) is 1. The van der Waals surface area contributed by atoms with Crippen LogP contribution in [0, 0.1) is 13.8 Å². The monoisotopic (exact) mass is 251 g/mol. The average molecular weight is 251 g/mol. The second kappa shape index (κ2) is 6.16. The largest absolute Gasteiger partial charge is 0.479 e. The number of rotatable bonds is 5. The summed E-state index contributed by atoms with van der Waals surface area (Å²) in [6, 6.07) is 5.66. The molecule has 0 aliphatic heterocycles. The van der Waals surface area contributed by atoms with E-state index in [4.69, 9.17) is 9.84 Å². The van der Waals surface area contributed by atoms with E-state index in [9.17, 15) is 9.59 Å². The third-order valence-corrected chi connectivity index (χ3v) is 2.47. The number of hydrogen-bond donors (Lipinski definition) is 2. The number of anilines is 1. The molecule has 98 valence electrons. The third kappa shape index (κ3) is 4.18. The van der Waals surface area contributed by atoms with E-state index in [0.29, 0.717) is 5.69 Å². The highest BCUT2D eigenvalue weighted by Gasteiger charge is 2.13. The van der Waals surface area contributed by atoms with Gasteiger partial charge in [0.25, 0.3) is 0 Å². The fourth-order valence-corrected chi connectivity index (χ4v) is 1.41. The van der Waals surface area contributed by atoms with Crippen LogP contribution in [0.5, 0.6) is 0 Å². The molecule has 0 aliphatic carbocycles. The number of carbonyl (C=O) groups is 2. The summed E-state index contributed by atoms with van der Waals surface area (Å²) in [5, 5.41) is 11.3. The Morgan fingerprint density at radius 2 is 2.06 bits per heavy atom. The maximum Gasteiger partial charge on any atom is 0.332 e. The van der Waals surface area contributed by atoms with Crippen LogP contribution >= 0.6 is 0 Å². The fraction of sp³-hybridized carbons (Fsp3) is 0.385. The molecular weight excluding hydrogens is 234 g/mol. The van der Waals surface area contributed by atoms with Gasteiger partial charge in [0, 0.05) is 5.69 Å². The standard InChI is InChI=1S/C13H17NO4/c1-8-4-5-11(9(2)6-8)14-12(15)7-18-10(3)13(16)17/h4-6,10H,7H2,1-3H3,(H,14,15)(H,16,17). The van der Waals surface area contributed by atoms with Crippen molar-refractivity contribution in [1.29, 1.82) is 0 Å². The van der Waals surface area contributed by atoms with Gasteiger partial charge in [0.05, 0.1) is 0 Å². The molecular formula is C13H17NO4. The minimum absolute atomic E-state index is 0.277. The predicted octanol–water partition coefficient (Wildman–Crippen LogP) is 1.73. The number of carboxylic acids is 1. The summed E-state index contributed by atoms with van der Waals surface area (Å²) in [4.78, 5) is 22.1. The summed E-state index contributed by atoms with van der Waals surface area (Å²) >= 11 is 0. The van der Waals surface area contributed by atoms with Crippen molar-refractivity contribution in [2.24, 2.45) is 0 Å². The van der Waals surface area contributed by atoms with Crippen LogP contribution in [-0.2, 0) is 14.3 Å². The summed E-state index contributed by atoms with van der Waals surface area (Å²) in [7, 11) is 0. The van der Waals surface area contributed by atoms with Crippen LogP contribution in [0.3, 0.4) is 0 Å². The molecule has 0 saturated heterocycles. The van der Waals surface area contributed by atoms with Crippen LogP contribution in [0.1, 0.15) is 18.1 Å². The Morgan fingerprint density at radius 1 is 1.39 bits per heavy atom. The van der Waals surface area contributed by atoms with E-state index in [2.05, 4.69) is 5.32 Å². The Kier molecular flexibility index (Phi) is 4.85. The summed E-state index contributed by atoms with van der Waals surface area (Å²) in [5.74, 6) is -1.45. The molecule has 5 heteroatoms. The normalized spacial score (nSPS) is 11.9. The van der Waals surface area contributed by atoms with E-state index in [-0.39, 0.29) is 12.5 Å². The maximum atomic E-state index is 11.5. The number of aryl methyl sites for hydroxylation is 2. The molecule has 0 aromatic heterocycles. The first-order valence-electron chi connectivity index (χ1n) is 5.61. The molecule has 1 rings (SSSR count). The van der Waals surface area contributed by atoms with Crippen LogP contribution < -0.4 is 5.32 Å². The molecule has 1 unspecified atom stereocenters. The van der Waals surface area contributed by atoms with Gasteiger partial charge in [-0.25, -0.2) is 4.79 Å². The van der Waals surface area contributed by atoms with Gasteiger partial charge in [-0.05, 0) is 32.4 Å². The second-order valence-corrected chi connectivity index (χ2v) is 4.16. The van der Waals surface area contributed by atoms with Crippen LogP contribution in [0.25, 0.3) is 0 Å². The van der Waals surface area contributed by atoms with Gasteiger partial charge in [-0.3, -0.25) is 4.79 Å². The minimum atomic E-state index is -1.09. The molecule has 1 aromatic carbocycles. The SMILES string of the molecule is Cc1ccc(NC(=O)COC(C)C(=O)O)c(C)c1. The topological polar surface area (TPSA) is 75.6 Å². The van der Waals surface area contributed by atoms with Gasteiger partial charge in [0.1, 0.15) is 6.61 Å². The minimum Gasteiger partial charge on any atom is -0.479 e. The number of hydrogen-bond acceptors (Lipinski definition) is 3. The van der Waals surface area contributed by atoms with Crippen LogP contribution in [0.2, 0.25) is 0 Å². The van der Waals surface area contributed by atoms with E-state index < -0.39 is 12.1 Å². The Balaban J connectivity index is 2.52. The lowest BCUT2D eigenvalue weighted by Gasteiger charge is -2.11. The van der Waals surface area contributed by atoms with Gasteiger partial charge in [0.15, 0.2) is 6.10 Å². The fourth-order valence-electron chi connectivity index (χ4n) is 1.41. The van der Waals surface area contributed by atoms with Crippen LogP contribution in [0.4, 0.5) is 5.69 Å². The van der Waals surface area contributed by atoms with E-state index >= 15 is 0 Å². The average Bonchev–Trinajstić information content (AvgIpc) is 2.29. The highest BCUT2D eigenvalue weighted by atomic mass is 16.5. The second-order valence-electron chi connectivity index (χ2n) is 4.16. The zero-order chi connectivity index (χ0) is 13.7. The predicted molar refractivity (Wildman–Crippen MR) is 67.6 cm³/mol. The van der Waals surface area contributed by atoms with Gasteiger partial charge in [-0.1, -0.05) is 17.7 Å². The van der Waals surface area contributed by atoms with Crippen molar-refractivity contribution in [2.75, 3.05) is 11.9 Å². The number of nitrogens with one attached hydrogen (secondary N) is 1. The van der Waals surface area contributed by atoms with E-state index in [1.807, 2.05) is 32.0 Å². The number of benzene rings is 1. The Bertz CT molecular complexity index is 456. The smallest absolute Gasteiger partial charge is 0.332 e. The summed E-state index contributed by atoms with van der Waals surface area (Å²) in [5.41, 5.74) is 2.77. The summed E-state index contributed by atoms with van der Waals surface area (Å²) in [6.45, 7) is 4.97. The number of aliphatic carboxylic acids is 1. The highest BCUT2D eigenvalue weighted by molar-refractivity contribution is 5.92. The number of amides is 1. The van der Waals surface area contributed by atoms with E-state index in [0.717, 1.165) is 11.1 Å². The molecule has 1 atom stereocenters. The van der Waals surface area contributed by atoms with Crippen molar-refractivity contribution in [2.45, 2.75) is 26.9 Å². The zero-order valence-corrected chi connectivity index (χ0v) is 10.7. The van der Waals surface area contributed by atoms with E-state index in [1.54, 1.807) is 0 Å². The maximum absolute atomic E-state index is 11.5. The first-order chi connectivity index (χ1) is 8.40. The number of carbonyl (C=O) groups excluding carboxylic acids is 1. The molecule has 0 bridgehead atoms. The third-order valence-electron chi connectivity index (χ3n) is 2.47. The molecule has 0 heterocycles. The number of carboxylic acid groups (broad SMARTS) is 1. The lowest BCUT2D eigenvalue weighted by molar-refractivity contribution is -0.150. The molecule has 5 nitrogen and oxygen atoms in total. The Morgan fingerprint density at radius 3 is 2.61 bits per heavy atom. The van der Waals surface area contributed by atoms with Crippen molar-refractivity contribution in [1.82, 2.24) is 0 Å². The van der Waals surface area contributed by atoms with E-state index in [1.165, 1.54) is 6.92 Å². The molecule has 18 heavy (non-hydrogen) atoms. The molecule has 1 aromatic rings. The van der Waals surface area contributed by atoms with Crippen molar-refractivity contribution >= 4 is 17.6 Å². The van der Waals surface area contributed by atoms with Crippen LogP contribution in [-0.4, -0.2) is 29.7 Å². The van der Waals surface area contributed by atoms with Crippen LogP contribution in [0.15, 0.2) is 18.2 Å². The molecule has 0 aliphatic rings. The quantitative estimate of drug-likeness (QED) is 0.835.